The van der Waals surface area contributed by atoms with Gasteiger partial charge < -0.3 is 9.64 Å². The normalized spacial score (nSPS) is 10.5. The number of nitro benzene ring substituents is 1. The van der Waals surface area contributed by atoms with Gasteiger partial charge in [0.05, 0.1) is 4.92 Å². The van der Waals surface area contributed by atoms with E-state index in [4.69, 9.17) is 0 Å². The zero-order valence-corrected chi connectivity index (χ0v) is 12.7. The van der Waals surface area contributed by atoms with Crippen LogP contribution in [-0.4, -0.2) is 24.9 Å². The molecular weight excluding hydrogens is 322 g/mol. The predicted molar refractivity (Wildman–Crippen MR) is 83.7 cm³/mol. The van der Waals surface area contributed by atoms with Crippen molar-refractivity contribution in [3.8, 4) is 5.75 Å². The van der Waals surface area contributed by atoms with Gasteiger partial charge in [-0.3, -0.25) is 14.9 Å². The first-order chi connectivity index (χ1) is 11.4. The van der Waals surface area contributed by atoms with Crippen LogP contribution in [0.4, 0.5) is 20.2 Å². The number of ether oxygens (including phenoxy) is 1. The van der Waals surface area contributed by atoms with E-state index >= 15 is 0 Å². The third kappa shape index (κ3) is 4.25. The van der Waals surface area contributed by atoms with Crippen molar-refractivity contribution in [2.24, 2.45) is 0 Å². The minimum Gasteiger partial charge on any atom is -0.435 e. The van der Waals surface area contributed by atoms with Gasteiger partial charge in [-0.15, -0.1) is 0 Å². The highest BCUT2D eigenvalue weighted by Gasteiger charge is 2.18. The van der Waals surface area contributed by atoms with E-state index in [0.717, 1.165) is 5.56 Å². The van der Waals surface area contributed by atoms with E-state index in [1.165, 1.54) is 30.3 Å². The molecular formula is C16H14F2N2O4. The fourth-order valence-corrected chi connectivity index (χ4v) is 2.22. The van der Waals surface area contributed by atoms with E-state index in [9.17, 15) is 23.7 Å². The van der Waals surface area contributed by atoms with Crippen LogP contribution in [-0.2, 0) is 6.54 Å². The number of hydrogen-bond acceptors (Lipinski definition) is 5. The molecule has 0 N–H and O–H groups in total. The minimum absolute atomic E-state index is 0.0396. The summed E-state index contributed by atoms with van der Waals surface area (Å²) in [5.74, 6) is 0.0396. The van der Waals surface area contributed by atoms with Crippen molar-refractivity contribution in [1.29, 1.82) is 0 Å². The highest BCUT2D eigenvalue weighted by molar-refractivity contribution is 5.79. The van der Waals surface area contributed by atoms with Crippen molar-refractivity contribution in [3.63, 3.8) is 0 Å². The summed E-state index contributed by atoms with van der Waals surface area (Å²) in [6.07, 6.45) is 0.540. The molecule has 2 aromatic carbocycles. The molecule has 0 atom stereocenters. The Balaban J connectivity index is 2.18. The number of hydrogen-bond donors (Lipinski definition) is 0. The van der Waals surface area contributed by atoms with Gasteiger partial charge in [-0.1, -0.05) is 12.1 Å². The third-order valence-corrected chi connectivity index (χ3v) is 3.31. The number of anilines is 1. The summed E-state index contributed by atoms with van der Waals surface area (Å²) < 4.78 is 28.5. The topological polar surface area (TPSA) is 72.7 Å². The zero-order chi connectivity index (χ0) is 17.7. The predicted octanol–water partition coefficient (Wildman–Crippen LogP) is 3.65. The van der Waals surface area contributed by atoms with Gasteiger partial charge in [-0.2, -0.15) is 8.78 Å². The van der Waals surface area contributed by atoms with Crippen molar-refractivity contribution in [1.82, 2.24) is 0 Å². The van der Waals surface area contributed by atoms with Crippen LogP contribution in [0.3, 0.4) is 0 Å². The van der Waals surface area contributed by atoms with Crippen molar-refractivity contribution in [2.75, 3.05) is 11.9 Å². The Hall–Kier alpha value is -3.03. The number of nitro groups is 1. The Morgan fingerprint density at radius 1 is 1.25 bits per heavy atom. The zero-order valence-electron chi connectivity index (χ0n) is 12.7. The molecule has 2 aromatic rings. The lowest BCUT2D eigenvalue weighted by Gasteiger charge is -2.19. The minimum atomic E-state index is -2.89. The maximum Gasteiger partial charge on any atom is 0.387 e. The smallest absolute Gasteiger partial charge is 0.387 e. The first-order valence-electron chi connectivity index (χ1n) is 6.89. The average Bonchev–Trinajstić information content (AvgIpc) is 2.55. The van der Waals surface area contributed by atoms with Crippen LogP contribution in [0.25, 0.3) is 0 Å². The van der Waals surface area contributed by atoms with Crippen LogP contribution < -0.4 is 9.64 Å². The number of nitrogens with zero attached hydrogens (tertiary/aromatic N) is 2. The maximum absolute atomic E-state index is 12.1. The largest absolute Gasteiger partial charge is 0.435 e. The monoisotopic (exact) mass is 336 g/mol. The van der Waals surface area contributed by atoms with Crippen LogP contribution in [0.2, 0.25) is 0 Å². The maximum atomic E-state index is 12.1. The number of carbonyl (C=O) groups is 1. The highest BCUT2D eigenvalue weighted by atomic mass is 19.3. The third-order valence-electron chi connectivity index (χ3n) is 3.31. The van der Waals surface area contributed by atoms with E-state index in [0.29, 0.717) is 18.5 Å². The van der Waals surface area contributed by atoms with Gasteiger partial charge in [0.2, 0.25) is 0 Å². The van der Waals surface area contributed by atoms with Crippen molar-refractivity contribution < 1.29 is 23.2 Å². The van der Waals surface area contributed by atoms with Gasteiger partial charge in [0.1, 0.15) is 17.7 Å². The summed E-state index contributed by atoms with van der Waals surface area (Å²) in [5.41, 5.74) is 1.14. The Bertz CT molecular complexity index is 735. The quantitative estimate of drug-likeness (QED) is 0.438. The highest BCUT2D eigenvalue weighted by Crippen LogP contribution is 2.29. The lowest BCUT2D eigenvalue weighted by molar-refractivity contribution is -0.384. The molecule has 0 amide bonds. The molecule has 0 radical (unpaired) electrons. The molecule has 126 valence electrons. The lowest BCUT2D eigenvalue weighted by Crippen LogP contribution is -2.17. The van der Waals surface area contributed by atoms with Crippen molar-refractivity contribution in [2.45, 2.75) is 13.2 Å². The van der Waals surface area contributed by atoms with Gasteiger partial charge >= 0.3 is 6.61 Å². The van der Waals surface area contributed by atoms with Crippen LogP contribution in [0.1, 0.15) is 15.9 Å². The van der Waals surface area contributed by atoms with E-state index in [2.05, 4.69) is 4.74 Å². The summed E-state index contributed by atoms with van der Waals surface area (Å²) in [5, 5.41) is 11.2. The number of rotatable bonds is 7. The summed E-state index contributed by atoms with van der Waals surface area (Å²) in [6, 6.07) is 10.2. The summed E-state index contributed by atoms with van der Waals surface area (Å²) in [7, 11) is 1.66. The summed E-state index contributed by atoms with van der Waals surface area (Å²) >= 11 is 0. The molecule has 0 bridgehead atoms. The number of halogens is 2. The average molecular weight is 336 g/mol. The molecule has 0 spiro atoms. The standard InChI is InChI=1S/C16H14F2N2O4/c1-19(9-11-2-5-13(6-3-11)24-16(17)18)14-7-4-12(10-21)8-15(14)20(22)23/h2-8,10,16H,9H2,1H3. The van der Waals surface area contributed by atoms with E-state index in [-0.39, 0.29) is 17.0 Å². The van der Waals surface area contributed by atoms with Crippen LogP contribution in [0.5, 0.6) is 5.75 Å². The molecule has 0 aromatic heterocycles. The Kier molecular flexibility index (Phi) is 5.41. The summed E-state index contributed by atoms with van der Waals surface area (Å²) in [6.45, 7) is -2.58. The number of aldehydes is 1. The molecule has 0 unspecified atom stereocenters. The fraction of sp³-hybridized carbons (Fsp3) is 0.188. The molecule has 0 aliphatic heterocycles. The van der Waals surface area contributed by atoms with Crippen LogP contribution in [0, 0.1) is 10.1 Å². The Labute approximate surface area is 136 Å². The molecule has 2 rings (SSSR count). The van der Waals surface area contributed by atoms with Gasteiger partial charge in [0, 0.05) is 25.2 Å². The molecule has 0 aliphatic carbocycles. The van der Waals surface area contributed by atoms with E-state index in [1.807, 2.05) is 0 Å². The Morgan fingerprint density at radius 3 is 2.46 bits per heavy atom. The SMILES string of the molecule is CN(Cc1ccc(OC(F)F)cc1)c1ccc(C=O)cc1[N+](=O)[O-]. The number of alkyl halides is 2. The molecule has 0 saturated heterocycles. The van der Waals surface area contributed by atoms with Gasteiger partial charge in [-0.25, -0.2) is 0 Å². The van der Waals surface area contributed by atoms with Gasteiger partial charge in [-0.05, 0) is 29.8 Å². The molecule has 6 nitrogen and oxygen atoms in total. The molecule has 0 heterocycles. The van der Waals surface area contributed by atoms with Crippen LogP contribution in [0.15, 0.2) is 42.5 Å². The van der Waals surface area contributed by atoms with Crippen LogP contribution >= 0.6 is 0 Å². The number of carbonyl (C=O) groups excluding carboxylic acids is 1. The number of benzene rings is 2. The lowest BCUT2D eigenvalue weighted by atomic mass is 10.1. The van der Waals surface area contributed by atoms with Gasteiger partial charge in [0.15, 0.2) is 0 Å². The molecule has 0 fully saturated rings. The van der Waals surface area contributed by atoms with E-state index < -0.39 is 11.5 Å². The fourth-order valence-electron chi connectivity index (χ4n) is 2.22. The van der Waals surface area contributed by atoms with Crippen molar-refractivity contribution in [3.05, 3.63) is 63.7 Å². The second-order valence-electron chi connectivity index (χ2n) is 5.00. The van der Waals surface area contributed by atoms with E-state index in [1.54, 1.807) is 24.1 Å². The molecule has 0 saturated carbocycles. The first-order valence-corrected chi connectivity index (χ1v) is 6.89. The van der Waals surface area contributed by atoms with Gasteiger partial charge in [0.25, 0.3) is 5.69 Å². The summed E-state index contributed by atoms with van der Waals surface area (Å²) in [4.78, 5) is 23.0. The Morgan fingerprint density at radius 2 is 1.92 bits per heavy atom. The molecule has 24 heavy (non-hydrogen) atoms. The van der Waals surface area contributed by atoms with Crippen molar-refractivity contribution >= 4 is 17.7 Å². The second-order valence-corrected chi connectivity index (χ2v) is 5.00. The second kappa shape index (κ2) is 7.49. The molecule has 0 aliphatic rings. The first kappa shape index (κ1) is 17.3. The molecule has 8 heteroatoms.